The molecule has 1 aromatic heterocycles. The maximum Gasteiger partial charge on any atom is 0.262 e. The second kappa shape index (κ2) is 10.5. The van der Waals surface area contributed by atoms with E-state index in [9.17, 15) is 19.2 Å². The molecule has 0 radical (unpaired) electrons. The van der Waals surface area contributed by atoms with Crippen LogP contribution in [0.3, 0.4) is 0 Å². The van der Waals surface area contributed by atoms with E-state index in [2.05, 4.69) is 15.6 Å². The molecule has 0 aliphatic carbocycles. The first-order valence-corrected chi connectivity index (χ1v) is 14.6. The number of nitrogens with zero attached hydrogens (tertiary/aromatic N) is 4. The predicted octanol–water partition coefficient (Wildman–Crippen LogP) is 4.68. The van der Waals surface area contributed by atoms with Crippen LogP contribution >= 0.6 is 0 Å². The third kappa shape index (κ3) is 4.14. The van der Waals surface area contributed by atoms with Crippen molar-refractivity contribution in [3.05, 3.63) is 108 Å². The van der Waals surface area contributed by atoms with E-state index in [0.29, 0.717) is 39.4 Å². The summed E-state index contributed by atoms with van der Waals surface area (Å²) in [6.07, 6.45) is 3.92. The summed E-state index contributed by atoms with van der Waals surface area (Å²) < 4.78 is 1.85. The number of carbonyl (C=O) groups is 4. The van der Waals surface area contributed by atoms with E-state index in [0.717, 1.165) is 16.5 Å². The van der Waals surface area contributed by atoms with Crippen LogP contribution < -0.4 is 10.6 Å². The molecule has 0 bridgehead atoms. The van der Waals surface area contributed by atoms with Gasteiger partial charge in [0.15, 0.2) is 0 Å². The maximum atomic E-state index is 13.8. The van der Waals surface area contributed by atoms with Crippen molar-refractivity contribution in [2.45, 2.75) is 45.7 Å². The van der Waals surface area contributed by atoms with Gasteiger partial charge in [-0.2, -0.15) is 0 Å². The number of hydrogen-bond acceptors (Lipinski definition) is 7. The van der Waals surface area contributed by atoms with Crippen molar-refractivity contribution in [1.82, 2.24) is 30.0 Å². The smallest absolute Gasteiger partial charge is 0.262 e. The number of imide groups is 2. The minimum atomic E-state index is -0.696. The number of benzene rings is 4. The Hall–Kier alpha value is -5.19. The molecule has 2 N–H and O–H groups in total. The monoisotopic (exact) mass is 586 g/mol. The summed E-state index contributed by atoms with van der Waals surface area (Å²) in [5.41, 5.74) is 2.68. The summed E-state index contributed by atoms with van der Waals surface area (Å²) >= 11 is 0. The van der Waals surface area contributed by atoms with Crippen molar-refractivity contribution >= 4 is 45.2 Å². The Kier molecular flexibility index (Phi) is 6.60. The Morgan fingerprint density at radius 1 is 0.682 bits per heavy atom. The third-order valence-electron chi connectivity index (χ3n) is 8.57. The van der Waals surface area contributed by atoms with Crippen LogP contribution in [0.4, 0.5) is 0 Å². The standard InChI is InChI=1S/C34H30N6O4/c1-4-28(36-19(2)39-31(41)23-11-5-8-21-9-6-12-24(29(21)23)32(39)42)37-20(3)40-33(43)25-13-7-10-22-27(38-17-16-35-18-38)15-14-26(30(22)25)34(40)44/h5-20,28,36-37H,4H2,1-3H3. The molecule has 2 aliphatic heterocycles. The molecule has 220 valence electrons. The van der Waals surface area contributed by atoms with Crippen LogP contribution in [0.5, 0.6) is 0 Å². The van der Waals surface area contributed by atoms with Crippen molar-refractivity contribution in [3.8, 4) is 5.69 Å². The van der Waals surface area contributed by atoms with Crippen LogP contribution in [0.25, 0.3) is 27.2 Å². The molecule has 5 aromatic rings. The fourth-order valence-electron chi connectivity index (χ4n) is 6.49. The van der Waals surface area contributed by atoms with Gasteiger partial charge in [-0.1, -0.05) is 43.3 Å². The van der Waals surface area contributed by atoms with Crippen LogP contribution in [0, 0.1) is 0 Å². The molecule has 0 saturated carbocycles. The zero-order valence-electron chi connectivity index (χ0n) is 24.4. The van der Waals surface area contributed by atoms with Gasteiger partial charge in [-0.05, 0) is 56.0 Å². The lowest BCUT2D eigenvalue weighted by molar-refractivity contribution is 0.0473. The Bertz CT molecular complexity index is 1930. The van der Waals surface area contributed by atoms with Gasteiger partial charge in [-0.3, -0.25) is 39.6 Å². The zero-order chi connectivity index (χ0) is 30.7. The summed E-state index contributed by atoms with van der Waals surface area (Å²) in [6, 6.07) is 19.9. The molecule has 3 unspecified atom stereocenters. The molecule has 4 aromatic carbocycles. The van der Waals surface area contributed by atoms with Crippen LogP contribution in [0.15, 0.2) is 85.5 Å². The highest BCUT2D eigenvalue weighted by atomic mass is 16.2. The SMILES string of the molecule is CCC(NC(C)N1C(=O)c2cccc3cccc(c23)C1=O)NC(C)N1C(=O)c2cccc3c(-n4ccnc4)ccc(c23)C1=O. The van der Waals surface area contributed by atoms with Gasteiger partial charge in [0.05, 0.1) is 30.5 Å². The Morgan fingerprint density at radius 2 is 1.20 bits per heavy atom. The van der Waals surface area contributed by atoms with Crippen LogP contribution in [0.1, 0.15) is 68.6 Å². The van der Waals surface area contributed by atoms with Gasteiger partial charge >= 0.3 is 0 Å². The lowest BCUT2D eigenvalue weighted by Gasteiger charge is -2.37. The minimum Gasteiger partial charge on any atom is -0.306 e. The number of aromatic nitrogens is 2. The van der Waals surface area contributed by atoms with Gasteiger partial charge in [-0.15, -0.1) is 0 Å². The molecule has 2 aliphatic rings. The van der Waals surface area contributed by atoms with Crippen molar-refractivity contribution in [2.75, 3.05) is 0 Å². The van der Waals surface area contributed by atoms with Gasteiger partial charge in [0.1, 0.15) is 0 Å². The van der Waals surface area contributed by atoms with Gasteiger partial charge in [0.25, 0.3) is 23.6 Å². The van der Waals surface area contributed by atoms with Crippen LogP contribution in [0.2, 0.25) is 0 Å². The molecule has 3 heterocycles. The highest BCUT2D eigenvalue weighted by Gasteiger charge is 2.39. The Morgan fingerprint density at radius 3 is 1.73 bits per heavy atom. The lowest BCUT2D eigenvalue weighted by atomic mass is 9.92. The topological polar surface area (TPSA) is 117 Å². The number of amides is 4. The number of hydrogen-bond donors (Lipinski definition) is 2. The molecular weight excluding hydrogens is 556 g/mol. The number of nitrogens with one attached hydrogen (secondary N) is 2. The first-order valence-electron chi connectivity index (χ1n) is 14.6. The van der Waals surface area contributed by atoms with Crippen molar-refractivity contribution < 1.29 is 19.2 Å². The molecule has 0 spiro atoms. The van der Waals surface area contributed by atoms with Crippen molar-refractivity contribution in [2.24, 2.45) is 0 Å². The Balaban J connectivity index is 1.13. The number of carbonyl (C=O) groups excluding carboxylic acids is 4. The molecule has 44 heavy (non-hydrogen) atoms. The number of rotatable bonds is 8. The van der Waals surface area contributed by atoms with E-state index < -0.39 is 30.3 Å². The van der Waals surface area contributed by atoms with E-state index in [-0.39, 0.29) is 11.8 Å². The molecule has 10 heteroatoms. The molecule has 0 saturated heterocycles. The molecular formula is C34H30N6O4. The van der Waals surface area contributed by atoms with Crippen LogP contribution in [-0.4, -0.2) is 61.5 Å². The molecule has 10 nitrogen and oxygen atoms in total. The summed E-state index contributed by atoms with van der Waals surface area (Å²) in [7, 11) is 0. The summed E-state index contributed by atoms with van der Waals surface area (Å²) in [6.45, 7) is 5.45. The second-order valence-electron chi connectivity index (χ2n) is 11.1. The zero-order valence-corrected chi connectivity index (χ0v) is 24.4. The predicted molar refractivity (Wildman–Crippen MR) is 165 cm³/mol. The number of imidazole rings is 1. The van der Waals surface area contributed by atoms with Gasteiger partial charge in [0.2, 0.25) is 0 Å². The third-order valence-corrected chi connectivity index (χ3v) is 8.57. The van der Waals surface area contributed by atoms with E-state index >= 15 is 0 Å². The van der Waals surface area contributed by atoms with E-state index in [1.807, 2.05) is 60.2 Å². The first-order chi connectivity index (χ1) is 21.3. The van der Waals surface area contributed by atoms with Crippen molar-refractivity contribution in [3.63, 3.8) is 0 Å². The summed E-state index contributed by atoms with van der Waals surface area (Å²) in [5.74, 6) is -1.54. The van der Waals surface area contributed by atoms with Gasteiger partial charge in [0, 0.05) is 50.8 Å². The fraction of sp³-hybridized carbons (Fsp3) is 0.206. The molecule has 3 atom stereocenters. The van der Waals surface area contributed by atoms with Crippen molar-refractivity contribution in [1.29, 1.82) is 0 Å². The highest BCUT2D eigenvalue weighted by molar-refractivity contribution is 6.27. The fourth-order valence-corrected chi connectivity index (χ4v) is 6.49. The molecule has 7 rings (SSSR count). The average molecular weight is 587 g/mol. The first kappa shape index (κ1) is 27.6. The van der Waals surface area contributed by atoms with Gasteiger partial charge in [-0.25, -0.2) is 4.98 Å². The van der Waals surface area contributed by atoms with E-state index in [4.69, 9.17) is 0 Å². The van der Waals surface area contributed by atoms with Gasteiger partial charge < -0.3 is 4.57 Å². The Labute approximate surface area is 253 Å². The minimum absolute atomic E-state index is 0.372. The van der Waals surface area contributed by atoms with E-state index in [1.165, 1.54) is 9.80 Å². The largest absolute Gasteiger partial charge is 0.306 e. The second-order valence-corrected chi connectivity index (χ2v) is 11.1. The maximum absolute atomic E-state index is 13.8. The summed E-state index contributed by atoms with van der Waals surface area (Å²) in [4.78, 5) is 61.3. The normalized spacial score (nSPS) is 16.6. The lowest BCUT2D eigenvalue weighted by Crippen LogP contribution is -2.61. The average Bonchev–Trinajstić information content (AvgIpc) is 3.57. The summed E-state index contributed by atoms with van der Waals surface area (Å²) in [5, 5.41) is 9.60. The molecule has 4 amide bonds. The quantitative estimate of drug-likeness (QED) is 0.200. The molecule has 0 fully saturated rings. The van der Waals surface area contributed by atoms with E-state index in [1.54, 1.807) is 50.6 Å². The van der Waals surface area contributed by atoms with Crippen LogP contribution in [-0.2, 0) is 0 Å². The highest BCUT2D eigenvalue weighted by Crippen LogP contribution is 2.35.